The van der Waals surface area contributed by atoms with Gasteiger partial charge in [-0.15, -0.1) is 23.2 Å². The highest BCUT2D eigenvalue weighted by molar-refractivity contribution is 6.53. The predicted molar refractivity (Wildman–Crippen MR) is 127 cm³/mol. The highest BCUT2D eigenvalue weighted by atomic mass is 35.5. The first kappa shape index (κ1) is 24.0. The molecule has 1 heterocycles. The minimum Gasteiger partial charge on any atom is -0.326 e. The number of alkyl halides is 2. The van der Waals surface area contributed by atoms with Crippen molar-refractivity contribution in [2.75, 3.05) is 10.6 Å². The summed E-state index contributed by atoms with van der Waals surface area (Å²) in [5.74, 6) is -3.65. The van der Waals surface area contributed by atoms with E-state index >= 15 is 0 Å². The lowest BCUT2D eigenvalue weighted by atomic mass is 10.1. The number of carbonyl (C=O) groups is 2. The molecule has 1 saturated carbocycles. The summed E-state index contributed by atoms with van der Waals surface area (Å²) in [5, 5.41) is 5.84. The summed E-state index contributed by atoms with van der Waals surface area (Å²) in [6.07, 6.45) is 1.99. The SMILES string of the molecule is O=C(Nc1ncncc1F)c1cc(NC(=O)[C@@H]2[C@@H](c3cc(Cl)cc(Cl)c3)C2(Cl)Cl)ccc1Cl. The van der Waals surface area contributed by atoms with Crippen molar-refractivity contribution in [1.82, 2.24) is 9.97 Å². The summed E-state index contributed by atoms with van der Waals surface area (Å²) in [4.78, 5) is 32.6. The third kappa shape index (κ3) is 5.03. The fourth-order valence-electron chi connectivity index (χ4n) is 3.40. The number of hydrogen-bond donors (Lipinski definition) is 2. The molecular formula is C21H12Cl5FN4O2. The van der Waals surface area contributed by atoms with E-state index in [1.54, 1.807) is 18.2 Å². The number of amides is 2. The van der Waals surface area contributed by atoms with Gasteiger partial charge in [-0.05, 0) is 42.0 Å². The molecule has 2 amide bonds. The summed E-state index contributed by atoms with van der Waals surface area (Å²) >= 11 is 31.0. The van der Waals surface area contributed by atoms with Crippen LogP contribution in [-0.4, -0.2) is 26.1 Å². The largest absolute Gasteiger partial charge is 0.326 e. The maximum Gasteiger partial charge on any atom is 0.258 e. The second kappa shape index (κ2) is 9.24. The highest BCUT2D eigenvalue weighted by Gasteiger charge is 2.67. The molecule has 6 nitrogen and oxygen atoms in total. The van der Waals surface area contributed by atoms with Crippen molar-refractivity contribution in [1.29, 1.82) is 0 Å². The quantitative estimate of drug-likeness (QED) is 0.364. The molecule has 2 N–H and O–H groups in total. The molecule has 2 atom stereocenters. The van der Waals surface area contributed by atoms with Gasteiger partial charge in [0.2, 0.25) is 5.91 Å². The third-order valence-electron chi connectivity index (χ3n) is 4.96. The van der Waals surface area contributed by atoms with Gasteiger partial charge in [-0.25, -0.2) is 14.4 Å². The van der Waals surface area contributed by atoms with Crippen molar-refractivity contribution < 1.29 is 14.0 Å². The first-order chi connectivity index (χ1) is 15.6. The van der Waals surface area contributed by atoms with Gasteiger partial charge in [0.25, 0.3) is 5.91 Å². The number of halogens is 6. The zero-order valence-electron chi connectivity index (χ0n) is 16.3. The summed E-state index contributed by atoms with van der Waals surface area (Å²) in [6, 6.07) is 9.09. The molecule has 1 aromatic heterocycles. The number of anilines is 2. The van der Waals surface area contributed by atoms with Gasteiger partial charge in [0.1, 0.15) is 10.7 Å². The van der Waals surface area contributed by atoms with Crippen LogP contribution in [0, 0.1) is 11.7 Å². The van der Waals surface area contributed by atoms with Crippen LogP contribution in [0.4, 0.5) is 15.9 Å². The fourth-order valence-corrected chi connectivity index (χ4v) is 4.97. The lowest BCUT2D eigenvalue weighted by molar-refractivity contribution is -0.117. The maximum atomic E-state index is 13.7. The van der Waals surface area contributed by atoms with Gasteiger partial charge >= 0.3 is 0 Å². The van der Waals surface area contributed by atoms with Crippen LogP contribution in [-0.2, 0) is 4.79 Å². The van der Waals surface area contributed by atoms with Crippen LogP contribution in [0.1, 0.15) is 21.8 Å². The van der Waals surface area contributed by atoms with E-state index in [2.05, 4.69) is 20.6 Å². The Labute approximate surface area is 212 Å². The van der Waals surface area contributed by atoms with Crippen LogP contribution in [0.15, 0.2) is 48.9 Å². The van der Waals surface area contributed by atoms with Crippen molar-refractivity contribution in [3.63, 3.8) is 0 Å². The maximum absolute atomic E-state index is 13.7. The van der Waals surface area contributed by atoms with Crippen LogP contribution in [0.5, 0.6) is 0 Å². The Morgan fingerprint density at radius 3 is 2.36 bits per heavy atom. The van der Waals surface area contributed by atoms with E-state index in [1.807, 2.05) is 0 Å². The van der Waals surface area contributed by atoms with E-state index in [0.717, 1.165) is 12.5 Å². The zero-order chi connectivity index (χ0) is 23.9. The normalized spacial score (nSPS) is 18.5. The van der Waals surface area contributed by atoms with E-state index in [4.69, 9.17) is 58.0 Å². The third-order valence-corrected chi connectivity index (χ3v) is 6.66. The minimum atomic E-state index is -1.37. The molecule has 33 heavy (non-hydrogen) atoms. The number of nitrogens with zero attached hydrogens (tertiary/aromatic N) is 2. The van der Waals surface area contributed by atoms with Crippen molar-refractivity contribution in [2.24, 2.45) is 5.92 Å². The van der Waals surface area contributed by atoms with Crippen LogP contribution >= 0.6 is 58.0 Å². The first-order valence-electron chi connectivity index (χ1n) is 9.29. The number of aromatic nitrogens is 2. The lowest BCUT2D eigenvalue weighted by Crippen LogP contribution is -2.18. The smallest absolute Gasteiger partial charge is 0.258 e. The van der Waals surface area contributed by atoms with Crippen molar-refractivity contribution in [3.05, 3.63) is 80.9 Å². The molecule has 1 aliphatic rings. The average molecular weight is 549 g/mol. The van der Waals surface area contributed by atoms with E-state index in [0.29, 0.717) is 15.6 Å². The molecule has 12 heteroatoms. The zero-order valence-corrected chi connectivity index (χ0v) is 20.0. The summed E-state index contributed by atoms with van der Waals surface area (Å²) < 4.78 is 12.4. The number of rotatable bonds is 5. The number of carbonyl (C=O) groups excluding carboxylic acids is 2. The Morgan fingerprint density at radius 1 is 1.00 bits per heavy atom. The fraction of sp³-hybridized carbons (Fsp3) is 0.143. The molecule has 0 saturated heterocycles. The molecule has 0 unspecified atom stereocenters. The summed E-state index contributed by atoms with van der Waals surface area (Å²) in [5.41, 5.74) is 0.877. The van der Waals surface area contributed by atoms with E-state index in [1.165, 1.54) is 18.2 Å². The lowest BCUT2D eigenvalue weighted by Gasteiger charge is -2.10. The van der Waals surface area contributed by atoms with Gasteiger partial charge in [-0.2, -0.15) is 0 Å². The highest BCUT2D eigenvalue weighted by Crippen LogP contribution is 2.65. The van der Waals surface area contributed by atoms with Gasteiger partial charge in [0, 0.05) is 21.7 Å². The first-order valence-corrected chi connectivity index (χ1v) is 11.2. The number of nitrogens with one attached hydrogen (secondary N) is 2. The van der Waals surface area contributed by atoms with Crippen LogP contribution in [0.25, 0.3) is 0 Å². The second-order valence-electron chi connectivity index (χ2n) is 7.19. The summed E-state index contributed by atoms with van der Waals surface area (Å²) in [7, 11) is 0. The molecule has 0 spiro atoms. The van der Waals surface area contributed by atoms with Crippen LogP contribution in [0.2, 0.25) is 15.1 Å². The van der Waals surface area contributed by atoms with Gasteiger partial charge in [-0.3, -0.25) is 9.59 Å². The molecule has 4 rings (SSSR count). The van der Waals surface area contributed by atoms with E-state index < -0.39 is 33.8 Å². The second-order valence-corrected chi connectivity index (χ2v) is 9.91. The van der Waals surface area contributed by atoms with Crippen LogP contribution in [0.3, 0.4) is 0 Å². The molecule has 0 radical (unpaired) electrons. The van der Waals surface area contributed by atoms with Crippen molar-refractivity contribution in [2.45, 2.75) is 10.3 Å². The molecule has 2 aromatic carbocycles. The number of benzene rings is 2. The average Bonchev–Trinajstić information content (AvgIpc) is 3.32. The predicted octanol–water partition coefficient (Wildman–Crippen LogP) is 6.35. The monoisotopic (exact) mass is 546 g/mol. The Kier molecular flexibility index (Phi) is 6.71. The van der Waals surface area contributed by atoms with Crippen molar-refractivity contribution >= 4 is 81.3 Å². The standard InChI is InChI=1S/C21H12Cl5FN4O2/c22-10-3-9(4-11(23)5-10)16-17(21(16,25)26)20(33)30-12-1-2-14(24)13(6-12)19(32)31-18-15(27)7-28-8-29-18/h1-8,16-17H,(H,30,33)(H,28,29,31,32)/t16-,17+/m1/s1. The molecule has 3 aromatic rings. The van der Waals surface area contributed by atoms with Gasteiger partial charge in [0.15, 0.2) is 11.6 Å². The van der Waals surface area contributed by atoms with E-state index in [-0.39, 0.29) is 22.1 Å². The van der Waals surface area contributed by atoms with Gasteiger partial charge < -0.3 is 10.6 Å². The molecule has 0 aliphatic heterocycles. The Bertz CT molecular complexity index is 1250. The van der Waals surface area contributed by atoms with Gasteiger partial charge in [0.05, 0.1) is 22.7 Å². The van der Waals surface area contributed by atoms with Crippen molar-refractivity contribution in [3.8, 4) is 0 Å². The molecule has 1 fully saturated rings. The topological polar surface area (TPSA) is 84.0 Å². The minimum absolute atomic E-state index is 0.00976. The molecule has 0 bridgehead atoms. The summed E-state index contributed by atoms with van der Waals surface area (Å²) in [6.45, 7) is 0. The Hall–Kier alpha value is -2.16. The van der Waals surface area contributed by atoms with Crippen LogP contribution < -0.4 is 10.6 Å². The Morgan fingerprint density at radius 2 is 1.70 bits per heavy atom. The molecule has 1 aliphatic carbocycles. The molecular weight excluding hydrogens is 537 g/mol. The number of hydrogen-bond acceptors (Lipinski definition) is 4. The van der Waals surface area contributed by atoms with Gasteiger partial charge in [-0.1, -0.05) is 34.8 Å². The molecule has 170 valence electrons. The Balaban J connectivity index is 1.52. The van der Waals surface area contributed by atoms with E-state index in [9.17, 15) is 14.0 Å².